The number of benzene rings is 2. The average Bonchev–Trinajstić information content (AvgIpc) is 2.68. The summed E-state index contributed by atoms with van der Waals surface area (Å²) in [5, 5.41) is 2.92. The summed E-state index contributed by atoms with van der Waals surface area (Å²) in [4.78, 5) is 0. The topological polar surface area (TPSA) is 12.0 Å². The van der Waals surface area contributed by atoms with Crippen LogP contribution in [0.2, 0.25) is 0 Å². The summed E-state index contributed by atoms with van der Waals surface area (Å²) < 4.78 is 0. The Balaban J connectivity index is 0.000000147. The van der Waals surface area contributed by atoms with Gasteiger partial charge in [-0.05, 0) is 40.8 Å². The maximum Gasteiger partial charge on any atom is 0.000442 e. The summed E-state index contributed by atoms with van der Waals surface area (Å²) in [5.41, 5.74) is 5.75. The van der Waals surface area contributed by atoms with Crippen LogP contribution < -0.4 is 5.32 Å². The van der Waals surface area contributed by atoms with Crippen LogP contribution in [0.5, 0.6) is 0 Å². The number of fused-ring (bicyclic) bond motifs is 3. The second kappa shape index (κ2) is 6.07. The molecular formula is C19H17N. The minimum Gasteiger partial charge on any atom is -0.368 e. The molecule has 2 aliphatic rings. The molecule has 1 aliphatic heterocycles. The van der Waals surface area contributed by atoms with Crippen LogP contribution in [-0.2, 0) is 6.42 Å². The highest BCUT2D eigenvalue weighted by atomic mass is 14.8. The number of hydrogen-bond donors (Lipinski definition) is 1. The van der Waals surface area contributed by atoms with Gasteiger partial charge in [-0.25, -0.2) is 0 Å². The molecule has 0 saturated heterocycles. The fourth-order valence-corrected chi connectivity index (χ4v) is 2.49. The molecule has 0 bridgehead atoms. The van der Waals surface area contributed by atoms with Crippen LogP contribution in [-0.4, -0.2) is 0 Å². The highest BCUT2D eigenvalue weighted by Crippen LogP contribution is 2.35. The lowest BCUT2D eigenvalue weighted by atomic mass is 10.1. The van der Waals surface area contributed by atoms with Crippen molar-refractivity contribution in [1.29, 1.82) is 0 Å². The monoisotopic (exact) mass is 259 g/mol. The van der Waals surface area contributed by atoms with E-state index in [1.54, 1.807) is 0 Å². The molecule has 1 aliphatic carbocycles. The molecular weight excluding hydrogens is 242 g/mol. The lowest BCUT2D eigenvalue weighted by molar-refractivity contribution is 1.20. The Kier molecular flexibility index (Phi) is 3.79. The van der Waals surface area contributed by atoms with Gasteiger partial charge >= 0.3 is 0 Å². The van der Waals surface area contributed by atoms with Gasteiger partial charge in [0.25, 0.3) is 0 Å². The Morgan fingerprint density at radius 3 is 1.65 bits per heavy atom. The number of hydrogen-bond acceptors (Lipinski definition) is 1. The maximum absolute atomic E-state index is 2.92. The molecule has 1 heteroatoms. The Hall–Kier alpha value is -2.54. The molecule has 0 saturated carbocycles. The largest absolute Gasteiger partial charge is 0.368 e. The first kappa shape index (κ1) is 12.5. The van der Waals surface area contributed by atoms with E-state index < -0.39 is 0 Å². The van der Waals surface area contributed by atoms with E-state index in [-0.39, 0.29) is 0 Å². The van der Waals surface area contributed by atoms with Gasteiger partial charge in [-0.2, -0.15) is 0 Å². The number of nitrogens with one attached hydrogen (secondary N) is 1. The molecule has 1 nitrogen and oxygen atoms in total. The lowest BCUT2D eigenvalue weighted by Crippen LogP contribution is -1.87. The number of rotatable bonds is 0. The van der Waals surface area contributed by atoms with Gasteiger partial charge in [-0.1, -0.05) is 60.7 Å². The van der Waals surface area contributed by atoms with Gasteiger partial charge in [0.15, 0.2) is 0 Å². The Morgan fingerprint density at radius 2 is 1.10 bits per heavy atom. The van der Waals surface area contributed by atoms with E-state index in [0.29, 0.717) is 0 Å². The quantitative estimate of drug-likeness (QED) is 0.629. The molecule has 2 aromatic rings. The summed E-state index contributed by atoms with van der Waals surface area (Å²) in [6.45, 7) is 0. The molecule has 0 spiro atoms. The summed E-state index contributed by atoms with van der Waals surface area (Å²) in [5.74, 6) is 0. The summed E-state index contributed by atoms with van der Waals surface area (Å²) >= 11 is 0. The van der Waals surface area contributed by atoms with E-state index in [1.807, 2.05) is 36.7 Å². The standard InChI is InChI=1S/C13H10.C6H7N/c1-3-7-12-10(5-1)9-11-6-2-4-8-13(11)12;1-2-4-6-7-5-3-1/h1-8H,9H2;1-7H. The number of allylic oxidation sites excluding steroid dienone is 4. The minimum atomic E-state index is 1.10. The van der Waals surface area contributed by atoms with Crippen LogP contribution in [0.25, 0.3) is 11.1 Å². The van der Waals surface area contributed by atoms with Gasteiger partial charge in [-0.15, -0.1) is 0 Å². The first-order valence-electron chi connectivity index (χ1n) is 6.86. The van der Waals surface area contributed by atoms with E-state index in [0.717, 1.165) is 6.42 Å². The fraction of sp³-hybridized carbons (Fsp3) is 0.0526. The molecule has 0 aromatic heterocycles. The third-order valence-electron chi connectivity index (χ3n) is 3.42. The lowest BCUT2D eigenvalue weighted by Gasteiger charge is -1.98. The van der Waals surface area contributed by atoms with Crippen molar-refractivity contribution < 1.29 is 0 Å². The Labute approximate surface area is 120 Å². The minimum absolute atomic E-state index is 1.10. The van der Waals surface area contributed by atoms with Crippen molar-refractivity contribution in [3.05, 3.63) is 96.4 Å². The van der Waals surface area contributed by atoms with E-state index in [2.05, 4.69) is 53.8 Å². The fourth-order valence-electron chi connectivity index (χ4n) is 2.49. The van der Waals surface area contributed by atoms with Crippen LogP contribution in [0, 0.1) is 0 Å². The van der Waals surface area contributed by atoms with Crippen LogP contribution in [0.4, 0.5) is 0 Å². The van der Waals surface area contributed by atoms with Crippen LogP contribution in [0.1, 0.15) is 11.1 Å². The molecule has 4 rings (SSSR count). The predicted octanol–water partition coefficient (Wildman–Crippen LogP) is 4.43. The van der Waals surface area contributed by atoms with Gasteiger partial charge in [-0.3, -0.25) is 0 Å². The zero-order chi connectivity index (χ0) is 13.6. The van der Waals surface area contributed by atoms with E-state index in [1.165, 1.54) is 22.3 Å². The van der Waals surface area contributed by atoms with Gasteiger partial charge < -0.3 is 5.32 Å². The predicted molar refractivity (Wildman–Crippen MR) is 85.2 cm³/mol. The van der Waals surface area contributed by atoms with Gasteiger partial charge in [0.05, 0.1) is 0 Å². The first-order valence-corrected chi connectivity index (χ1v) is 6.86. The van der Waals surface area contributed by atoms with E-state index >= 15 is 0 Å². The molecule has 0 fully saturated rings. The van der Waals surface area contributed by atoms with Crippen LogP contribution in [0.3, 0.4) is 0 Å². The maximum atomic E-state index is 2.92. The van der Waals surface area contributed by atoms with Crippen molar-refractivity contribution in [2.45, 2.75) is 6.42 Å². The van der Waals surface area contributed by atoms with E-state index in [9.17, 15) is 0 Å². The summed E-state index contributed by atoms with van der Waals surface area (Å²) in [6, 6.07) is 17.3. The van der Waals surface area contributed by atoms with Crippen molar-refractivity contribution in [1.82, 2.24) is 5.32 Å². The second-order valence-electron chi connectivity index (χ2n) is 4.76. The SMILES string of the molecule is C1=CC=CNC=C1.c1ccc2c(c1)Cc1ccccc1-2. The highest BCUT2D eigenvalue weighted by Gasteiger charge is 2.15. The normalized spacial score (nSPS) is 13.6. The van der Waals surface area contributed by atoms with Gasteiger partial charge in [0.1, 0.15) is 0 Å². The average molecular weight is 259 g/mol. The zero-order valence-corrected chi connectivity index (χ0v) is 11.3. The smallest absolute Gasteiger partial charge is 0.000442 e. The first-order chi connectivity index (χ1) is 9.95. The van der Waals surface area contributed by atoms with Crippen molar-refractivity contribution >= 4 is 0 Å². The molecule has 1 N–H and O–H groups in total. The third kappa shape index (κ3) is 2.72. The van der Waals surface area contributed by atoms with Crippen molar-refractivity contribution in [2.75, 3.05) is 0 Å². The molecule has 0 unspecified atom stereocenters. The van der Waals surface area contributed by atoms with Gasteiger partial charge in [0.2, 0.25) is 0 Å². The summed E-state index contributed by atoms with van der Waals surface area (Å²) in [7, 11) is 0. The zero-order valence-electron chi connectivity index (χ0n) is 11.3. The van der Waals surface area contributed by atoms with Crippen molar-refractivity contribution in [3.63, 3.8) is 0 Å². The molecule has 20 heavy (non-hydrogen) atoms. The molecule has 0 atom stereocenters. The summed E-state index contributed by atoms with van der Waals surface area (Å²) in [6.07, 6.45) is 12.7. The van der Waals surface area contributed by atoms with Crippen LogP contribution >= 0.6 is 0 Å². The molecule has 2 aromatic carbocycles. The van der Waals surface area contributed by atoms with Crippen molar-refractivity contribution in [2.24, 2.45) is 0 Å². The molecule has 0 amide bonds. The molecule has 0 radical (unpaired) electrons. The van der Waals surface area contributed by atoms with Crippen molar-refractivity contribution in [3.8, 4) is 11.1 Å². The Morgan fingerprint density at radius 1 is 0.600 bits per heavy atom. The molecule has 1 heterocycles. The van der Waals surface area contributed by atoms with E-state index in [4.69, 9.17) is 0 Å². The second-order valence-corrected chi connectivity index (χ2v) is 4.76. The third-order valence-corrected chi connectivity index (χ3v) is 3.42. The van der Waals surface area contributed by atoms with Crippen LogP contribution in [0.15, 0.2) is 85.2 Å². The Bertz CT molecular complexity index is 620. The molecule has 98 valence electrons. The van der Waals surface area contributed by atoms with Gasteiger partial charge in [0, 0.05) is 12.4 Å². The highest BCUT2D eigenvalue weighted by molar-refractivity contribution is 5.76.